The predicted octanol–water partition coefficient (Wildman–Crippen LogP) is 4.82. The van der Waals surface area contributed by atoms with Crippen molar-refractivity contribution in [1.82, 2.24) is 4.98 Å². The topological polar surface area (TPSA) is 12.9 Å². The highest BCUT2D eigenvalue weighted by Gasteiger charge is 2.09. The molecule has 0 saturated heterocycles. The quantitative estimate of drug-likeness (QED) is 0.551. The average Bonchev–Trinajstić information content (AvgIpc) is 2.37. The molecule has 0 bridgehead atoms. The van der Waals surface area contributed by atoms with Crippen LogP contribution in [0.4, 0.5) is 0 Å². The Bertz CT molecular complexity index is 726. The lowest BCUT2D eigenvalue weighted by atomic mass is 10.00. The lowest BCUT2D eigenvalue weighted by Crippen LogP contribution is -1.97. The molecule has 1 aromatic heterocycles. The van der Waals surface area contributed by atoms with Gasteiger partial charge in [-0.2, -0.15) is 0 Å². The molecule has 2 aromatic carbocycles. The number of aryl methyl sites for hydroxylation is 1. The van der Waals surface area contributed by atoms with Crippen molar-refractivity contribution < 1.29 is 0 Å². The van der Waals surface area contributed by atoms with Gasteiger partial charge in [0.1, 0.15) is 0 Å². The standard InChI is InChI=1S/C17H17N/c1-11(2)16-12(3)10-14-9-8-13-6-4-5-7-15(13)17(14)18-16/h4-11H,1-3H3. The Morgan fingerprint density at radius 1 is 0.944 bits per heavy atom. The van der Waals surface area contributed by atoms with Crippen molar-refractivity contribution in [3.63, 3.8) is 0 Å². The van der Waals surface area contributed by atoms with Crippen molar-refractivity contribution in [2.45, 2.75) is 26.7 Å². The maximum absolute atomic E-state index is 4.90. The summed E-state index contributed by atoms with van der Waals surface area (Å²) >= 11 is 0. The predicted molar refractivity (Wildman–Crippen MR) is 78.1 cm³/mol. The van der Waals surface area contributed by atoms with Crippen LogP contribution in [0.25, 0.3) is 21.7 Å². The molecule has 1 heterocycles. The van der Waals surface area contributed by atoms with Crippen LogP contribution in [0.2, 0.25) is 0 Å². The second-order valence-corrected chi connectivity index (χ2v) is 5.20. The molecule has 0 saturated carbocycles. The van der Waals surface area contributed by atoms with Crippen LogP contribution in [0.3, 0.4) is 0 Å². The summed E-state index contributed by atoms with van der Waals surface area (Å²) in [4.78, 5) is 4.90. The molecule has 0 spiro atoms. The third-order valence-corrected chi connectivity index (χ3v) is 3.49. The van der Waals surface area contributed by atoms with E-state index in [-0.39, 0.29) is 0 Å². The number of aromatic nitrogens is 1. The van der Waals surface area contributed by atoms with Crippen LogP contribution in [0, 0.1) is 6.92 Å². The number of fused-ring (bicyclic) bond motifs is 3. The van der Waals surface area contributed by atoms with E-state index in [0.29, 0.717) is 5.92 Å². The first-order valence-electron chi connectivity index (χ1n) is 6.46. The van der Waals surface area contributed by atoms with Gasteiger partial charge in [0.2, 0.25) is 0 Å². The van der Waals surface area contributed by atoms with Crippen LogP contribution in [0.15, 0.2) is 42.5 Å². The van der Waals surface area contributed by atoms with Gasteiger partial charge in [0.05, 0.1) is 5.52 Å². The molecule has 1 nitrogen and oxygen atoms in total. The summed E-state index contributed by atoms with van der Waals surface area (Å²) in [5.74, 6) is 0.466. The maximum Gasteiger partial charge on any atom is 0.0783 e. The molecule has 0 unspecified atom stereocenters. The molecule has 1 heteroatoms. The molecule has 0 aliphatic carbocycles. The van der Waals surface area contributed by atoms with Crippen LogP contribution >= 0.6 is 0 Å². The van der Waals surface area contributed by atoms with E-state index in [2.05, 4.69) is 63.2 Å². The van der Waals surface area contributed by atoms with Gasteiger partial charge in [0.15, 0.2) is 0 Å². The van der Waals surface area contributed by atoms with E-state index in [0.717, 1.165) is 5.52 Å². The number of pyridine rings is 1. The Balaban J connectivity index is 2.45. The molecular weight excluding hydrogens is 218 g/mol. The molecule has 0 aliphatic rings. The Morgan fingerprint density at radius 2 is 1.67 bits per heavy atom. The second-order valence-electron chi connectivity index (χ2n) is 5.20. The number of hydrogen-bond acceptors (Lipinski definition) is 1. The smallest absolute Gasteiger partial charge is 0.0783 e. The molecule has 0 fully saturated rings. The summed E-state index contributed by atoms with van der Waals surface area (Å²) in [6.45, 7) is 6.55. The lowest BCUT2D eigenvalue weighted by molar-refractivity contribution is 0.819. The van der Waals surface area contributed by atoms with Crippen molar-refractivity contribution in [3.05, 3.63) is 53.7 Å². The summed E-state index contributed by atoms with van der Waals surface area (Å²) < 4.78 is 0. The van der Waals surface area contributed by atoms with Crippen molar-refractivity contribution in [1.29, 1.82) is 0 Å². The third kappa shape index (κ3) is 1.67. The van der Waals surface area contributed by atoms with E-state index >= 15 is 0 Å². The van der Waals surface area contributed by atoms with Crippen LogP contribution in [-0.2, 0) is 0 Å². The highest BCUT2D eigenvalue weighted by Crippen LogP contribution is 2.27. The Kier molecular flexibility index (Phi) is 2.55. The van der Waals surface area contributed by atoms with E-state index in [1.165, 1.54) is 27.4 Å². The van der Waals surface area contributed by atoms with Gasteiger partial charge in [-0.15, -0.1) is 0 Å². The minimum Gasteiger partial charge on any atom is -0.252 e. The van der Waals surface area contributed by atoms with Gasteiger partial charge >= 0.3 is 0 Å². The molecule has 0 N–H and O–H groups in total. The molecule has 3 aromatic rings. The van der Waals surface area contributed by atoms with Crippen LogP contribution < -0.4 is 0 Å². The van der Waals surface area contributed by atoms with Gasteiger partial charge in [-0.1, -0.05) is 50.2 Å². The monoisotopic (exact) mass is 235 g/mol. The Labute approximate surface area is 107 Å². The van der Waals surface area contributed by atoms with E-state index in [9.17, 15) is 0 Å². The zero-order chi connectivity index (χ0) is 12.7. The summed E-state index contributed by atoms with van der Waals surface area (Å²) in [6, 6.07) is 15.1. The first kappa shape index (κ1) is 11.2. The summed E-state index contributed by atoms with van der Waals surface area (Å²) in [6.07, 6.45) is 0. The number of nitrogens with zero attached hydrogens (tertiary/aromatic N) is 1. The van der Waals surface area contributed by atoms with Crippen LogP contribution in [0.1, 0.15) is 31.0 Å². The number of hydrogen-bond donors (Lipinski definition) is 0. The SMILES string of the molecule is Cc1cc2ccc3ccccc3c2nc1C(C)C. The molecule has 18 heavy (non-hydrogen) atoms. The Morgan fingerprint density at radius 3 is 2.44 bits per heavy atom. The zero-order valence-electron chi connectivity index (χ0n) is 11.1. The van der Waals surface area contributed by atoms with Crippen LogP contribution in [-0.4, -0.2) is 4.98 Å². The summed E-state index contributed by atoms with van der Waals surface area (Å²) in [7, 11) is 0. The molecule has 0 amide bonds. The van der Waals surface area contributed by atoms with Crippen molar-refractivity contribution >= 4 is 21.7 Å². The van der Waals surface area contributed by atoms with Gasteiger partial charge in [-0.3, -0.25) is 4.98 Å². The van der Waals surface area contributed by atoms with E-state index in [1.807, 2.05) is 0 Å². The number of benzene rings is 2. The average molecular weight is 235 g/mol. The fourth-order valence-electron chi connectivity index (χ4n) is 2.61. The molecule has 0 atom stereocenters. The fourth-order valence-corrected chi connectivity index (χ4v) is 2.61. The fraction of sp³-hybridized carbons (Fsp3) is 0.235. The normalized spacial score (nSPS) is 11.6. The molecule has 0 aliphatic heterocycles. The van der Waals surface area contributed by atoms with Gasteiger partial charge in [0.25, 0.3) is 0 Å². The second kappa shape index (κ2) is 4.09. The minimum absolute atomic E-state index is 0.466. The van der Waals surface area contributed by atoms with Gasteiger partial charge in [0, 0.05) is 16.5 Å². The Hall–Kier alpha value is -1.89. The van der Waals surface area contributed by atoms with Gasteiger partial charge < -0.3 is 0 Å². The largest absolute Gasteiger partial charge is 0.252 e. The highest BCUT2D eigenvalue weighted by molar-refractivity contribution is 6.05. The maximum atomic E-state index is 4.90. The molecule has 0 radical (unpaired) electrons. The van der Waals surface area contributed by atoms with E-state index in [4.69, 9.17) is 4.98 Å². The molecule has 90 valence electrons. The van der Waals surface area contributed by atoms with Crippen molar-refractivity contribution in [3.8, 4) is 0 Å². The van der Waals surface area contributed by atoms with E-state index in [1.54, 1.807) is 0 Å². The van der Waals surface area contributed by atoms with Gasteiger partial charge in [-0.05, 0) is 29.9 Å². The van der Waals surface area contributed by atoms with Gasteiger partial charge in [-0.25, -0.2) is 0 Å². The molecular formula is C17H17N. The summed E-state index contributed by atoms with van der Waals surface area (Å²) in [5, 5.41) is 3.74. The van der Waals surface area contributed by atoms with Crippen molar-refractivity contribution in [2.75, 3.05) is 0 Å². The van der Waals surface area contributed by atoms with Crippen LogP contribution in [0.5, 0.6) is 0 Å². The third-order valence-electron chi connectivity index (χ3n) is 3.49. The highest BCUT2D eigenvalue weighted by atomic mass is 14.7. The lowest BCUT2D eigenvalue weighted by Gasteiger charge is -2.11. The van der Waals surface area contributed by atoms with Crippen molar-refractivity contribution in [2.24, 2.45) is 0 Å². The molecule has 3 rings (SSSR count). The summed E-state index contributed by atoms with van der Waals surface area (Å²) in [5.41, 5.74) is 3.62. The minimum atomic E-state index is 0.466. The zero-order valence-corrected chi connectivity index (χ0v) is 11.1. The number of rotatable bonds is 1. The first-order chi connectivity index (χ1) is 8.66. The first-order valence-corrected chi connectivity index (χ1v) is 6.46. The van der Waals surface area contributed by atoms with E-state index < -0.39 is 0 Å².